The van der Waals surface area contributed by atoms with E-state index in [1.807, 2.05) is 31.2 Å². The van der Waals surface area contributed by atoms with Crippen molar-refractivity contribution < 1.29 is 4.79 Å². The Morgan fingerprint density at radius 2 is 1.74 bits per heavy atom. The second kappa shape index (κ2) is 6.01. The number of fused-ring (bicyclic) bond motifs is 1. The maximum absolute atomic E-state index is 12.5. The van der Waals surface area contributed by atoms with Crippen molar-refractivity contribution in [2.45, 2.75) is 13.0 Å². The van der Waals surface area contributed by atoms with Gasteiger partial charge in [-0.1, -0.05) is 42.5 Å². The van der Waals surface area contributed by atoms with E-state index in [9.17, 15) is 4.79 Å². The third kappa shape index (κ3) is 2.97. The van der Waals surface area contributed by atoms with Gasteiger partial charge in [-0.25, -0.2) is 0 Å². The molecule has 3 aromatic carbocycles. The maximum atomic E-state index is 12.5. The summed E-state index contributed by atoms with van der Waals surface area (Å²) in [7, 11) is 0. The van der Waals surface area contributed by atoms with Gasteiger partial charge in [0.2, 0.25) is 0 Å². The molecule has 116 valence electrons. The van der Waals surface area contributed by atoms with Crippen molar-refractivity contribution in [2.75, 3.05) is 11.5 Å². The van der Waals surface area contributed by atoms with Gasteiger partial charge >= 0.3 is 0 Å². The van der Waals surface area contributed by atoms with Gasteiger partial charge in [-0.2, -0.15) is 0 Å². The average Bonchev–Trinajstić information content (AvgIpc) is 2.56. The van der Waals surface area contributed by atoms with Crippen molar-refractivity contribution in [3.8, 4) is 0 Å². The number of nitrogens with one attached hydrogen (secondary N) is 1. The van der Waals surface area contributed by atoms with E-state index in [1.165, 1.54) is 0 Å². The van der Waals surface area contributed by atoms with Crippen LogP contribution in [0.3, 0.4) is 0 Å². The molecule has 0 aromatic heterocycles. The van der Waals surface area contributed by atoms with Crippen LogP contribution in [0.2, 0.25) is 0 Å². The molecule has 0 bridgehead atoms. The molecule has 1 unspecified atom stereocenters. The Morgan fingerprint density at radius 3 is 2.57 bits per heavy atom. The van der Waals surface area contributed by atoms with Crippen molar-refractivity contribution in [1.29, 1.82) is 0 Å². The van der Waals surface area contributed by atoms with Gasteiger partial charge in [0, 0.05) is 11.4 Å². The largest absolute Gasteiger partial charge is 0.399 e. The van der Waals surface area contributed by atoms with Crippen molar-refractivity contribution in [3.05, 3.63) is 71.8 Å². The molecule has 1 amide bonds. The molecule has 0 aliphatic heterocycles. The zero-order valence-electron chi connectivity index (χ0n) is 12.9. The first-order valence-corrected chi connectivity index (χ1v) is 7.50. The topological polar surface area (TPSA) is 81.1 Å². The van der Waals surface area contributed by atoms with Crippen LogP contribution in [0.5, 0.6) is 0 Å². The van der Waals surface area contributed by atoms with Gasteiger partial charge < -0.3 is 16.8 Å². The molecule has 23 heavy (non-hydrogen) atoms. The fourth-order valence-corrected chi connectivity index (χ4v) is 2.75. The van der Waals surface area contributed by atoms with Crippen molar-refractivity contribution in [3.63, 3.8) is 0 Å². The quantitative estimate of drug-likeness (QED) is 0.648. The highest BCUT2D eigenvalue weighted by Gasteiger charge is 2.15. The number of amides is 1. The highest BCUT2D eigenvalue weighted by atomic mass is 16.1. The van der Waals surface area contributed by atoms with Crippen molar-refractivity contribution in [2.24, 2.45) is 0 Å². The molecule has 0 saturated heterocycles. The molecule has 4 heteroatoms. The van der Waals surface area contributed by atoms with E-state index >= 15 is 0 Å². The lowest BCUT2D eigenvalue weighted by atomic mass is 9.99. The van der Waals surface area contributed by atoms with Crippen molar-refractivity contribution >= 4 is 28.1 Å². The molecule has 3 aromatic rings. The summed E-state index contributed by atoms with van der Waals surface area (Å²) in [5.74, 6) is -0.227. The Hall–Kier alpha value is -3.01. The van der Waals surface area contributed by atoms with E-state index in [-0.39, 0.29) is 11.9 Å². The second-order valence-electron chi connectivity index (χ2n) is 5.61. The van der Waals surface area contributed by atoms with Gasteiger partial charge in [0.1, 0.15) is 0 Å². The Bertz CT molecular complexity index is 868. The molecule has 0 radical (unpaired) electrons. The number of anilines is 2. The van der Waals surface area contributed by atoms with E-state index in [0.29, 0.717) is 16.9 Å². The third-order valence-corrected chi connectivity index (χ3v) is 3.96. The fraction of sp³-hybridized carbons (Fsp3) is 0.105. The number of benzene rings is 3. The Morgan fingerprint density at radius 1 is 1.00 bits per heavy atom. The van der Waals surface area contributed by atoms with E-state index in [4.69, 9.17) is 11.5 Å². The first-order chi connectivity index (χ1) is 11.1. The number of hydrogen-bond donors (Lipinski definition) is 3. The zero-order chi connectivity index (χ0) is 16.4. The molecular weight excluding hydrogens is 286 g/mol. The summed E-state index contributed by atoms with van der Waals surface area (Å²) in [6, 6.07) is 19.0. The summed E-state index contributed by atoms with van der Waals surface area (Å²) in [5.41, 5.74) is 14.0. The van der Waals surface area contributed by atoms with Crippen LogP contribution in [0.1, 0.15) is 28.9 Å². The van der Waals surface area contributed by atoms with Gasteiger partial charge in [0.25, 0.3) is 5.91 Å². The fourth-order valence-electron chi connectivity index (χ4n) is 2.75. The molecular formula is C19H19N3O. The minimum absolute atomic E-state index is 0.144. The highest BCUT2D eigenvalue weighted by Crippen LogP contribution is 2.25. The Kier molecular flexibility index (Phi) is 3.89. The minimum Gasteiger partial charge on any atom is -0.399 e. The standard InChI is InChI=1S/C19H19N3O/c1-12(15-8-4-6-13-5-2-3-7-16(13)15)22-19(23)17-11-14(20)9-10-18(17)21/h2-12H,20-21H2,1H3,(H,22,23). The van der Waals surface area contributed by atoms with Gasteiger partial charge in [-0.3, -0.25) is 4.79 Å². The SMILES string of the molecule is CC(NC(=O)c1cc(N)ccc1N)c1cccc2ccccc12. The van der Waals surface area contributed by atoms with Crippen LogP contribution in [0, 0.1) is 0 Å². The Balaban J connectivity index is 1.90. The van der Waals surface area contributed by atoms with Crippen LogP contribution in [0.25, 0.3) is 10.8 Å². The molecule has 0 heterocycles. The predicted octanol–water partition coefficient (Wildman–Crippen LogP) is 3.50. The third-order valence-electron chi connectivity index (χ3n) is 3.96. The Labute approximate surface area is 135 Å². The first kappa shape index (κ1) is 14.9. The summed E-state index contributed by atoms with van der Waals surface area (Å²) in [4.78, 5) is 12.5. The molecule has 0 saturated carbocycles. The van der Waals surface area contributed by atoms with Gasteiger partial charge in [-0.15, -0.1) is 0 Å². The van der Waals surface area contributed by atoms with Crippen molar-refractivity contribution in [1.82, 2.24) is 5.32 Å². The van der Waals surface area contributed by atoms with Gasteiger partial charge in [0.05, 0.1) is 11.6 Å². The van der Waals surface area contributed by atoms with E-state index in [0.717, 1.165) is 16.3 Å². The number of hydrogen-bond acceptors (Lipinski definition) is 3. The van der Waals surface area contributed by atoms with E-state index in [1.54, 1.807) is 18.2 Å². The lowest BCUT2D eigenvalue weighted by Crippen LogP contribution is -2.27. The summed E-state index contributed by atoms with van der Waals surface area (Å²) in [6.45, 7) is 1.96. The number of rotatable bonds is 3. The monoisotopic (exact) mass is 305 g/mol. The molecule has 5 N–H and O–H groups in total. The molecule has 3 rings (SSSR count). The molecule has 0 spiro atoms. The van der Waals surface area contributed by atoms with Gasteiger partial charge in [-0.05, 0) is 41.5 Å². The average molecular weight is 305 g/mol. The molecule has 0 aliphatic rings. The lowest BCUT2D eigenvalue weighted by molar-refractivity contribution is 0.0941. The van der Waals surface area contributed by atoms with Crippen LogP contribution in [-0.4, -0.2) is 5.91 Å². The minimum atomic E-state index is -0.227. The van der Waals surface area contributed by atoms with Gasteiger partial charge in [0.15, 0.2) is 0 Å². The predicted molar refractivity (Wildman–Crippen MR) is 95.1 cm³/mol. The molecule has 4 nitrogen and oxygen atoms in total. The van der Waals surface area contributed by atoms with Crippen LogP contribution in [0.4, 0.5) is 11.4 Å². The number of carbonyl (C=O) groups is 1. The summed E-state index contributed by atoms with van der Waals surface area (Å²) >= 11 is 0. The first-order valence-electron chi connectivity index (χ1n) is 7.50. The number of nitrogen functional groups attached to an aromatic ring is 2. The normalized spacial score (nSPS) is 12.0. The van der Waals surface area contributed by atoms with Crippen LogP contribution in [-0.2, 0) is 0 Å². The number of carbonyl (C=O) groups excluding carboxylic acids is 1. The lowest BCUT2D eigenvalue weighted by Gasteiger charge is -2.17. The molecule has 1 atom stereocenters. The second-order valence-corrected chi connectivity index (χ2v) is 5.61. The molecule has 0 aliphatic carbocycles. The summed E-state index contributed by atoms with van der Waals surface area (Å²) < 4.78 is 0. The van der Waals surface area contributed by atoms with E-state index in [2.05, 4.69) is 23.5 Å². The number of nitrogens with two attached hydrogens (primary N) is 2. The molecule has 0 fully saturated rings. The highest BCUT2D eigenvalue weighted by molar-refractivity contribution is 6.00. The van der Waals surface area contributed by atoms with Crippen LogP contribution >= 0.6 is 0 Å². The zero-order valence-corrected chi connectivity index (χ0v) is 12.9. The summed E-state index contributed by atoms with van der Waals surface area (Å²) in [5, 5.41) is 5.27. The summed E-state index contributed by atoms with van der Waals surface area (Å²) in [6.07, 6.45) is 0. The maximum Gasteiger partial charge on any atom is 0.253 e. The smallest absolute Gasteiger partial charge is 0.253 e. The van der Waals surface area contributed by atoms with Crippen LogP contribution < -0.4 is 16.8 Å². The van der Waals surface area contributed by atoms with E-state index < -0.39 is 0 Å². The van der Waals surface area contributed by atoms with Crippen LogP contribution in [0.15, 0.2) is 60.7 Å².